The topological polar surface area (TPSA) is 73.1 Å². The molecule has 2 aromatic rings. The van der Waals surface area contributed by atoms with Crippen LogP contribution < -0.4 is 16.0 Å². The van der Waals surface area contributed by atoms with E-state index < -0.39 is 0 Å². The first-order valence-corrected chi connectivity index (χ1v) is 7.41. The first-order valence-electron chi connectivity index (χ1n) is 7.41. The molecule has 21 heavy (non-hydrogen) atoms. The highest BCUT2D eigenvalue weighted by molar-refractivity contribution is 5.61. The third kappa shape index (κ3) is 2.83. The number of aromatic nitrogens is 2. The second kappa shape index (κ2) is 6.10. The Morgan fingerprint density at radius 2 is 1.90 bits per heavy atom. The Morgan fingerprint density at radius 1 is 1.14 bits per heavy atom. The van der Waals surface area contributed by atoms with Gasteiger partial charge in [0.05, 0.1) is 6.61 Å². The van der Waals surface area contributed by atoms with Gasteiger partial charge in [0, 0.05) is 16.8 Å². The van der Waals surface area contributed by atoms with Gasteiger partial charge in [-0.15, -0.1) is 0 Å². The van der Waals surface area contributed by atoms with Crippen LogP contribution in [0.25, 0.3) is 11.4 Å². The maximum Gasteiger partial charge on any atom is 0.161 e. The minimum Gasteiger partial charge on any atom is -0.494 e. The molecular formula is C16H20N4O. The number of hydrazine groups is 1. The maximum atomic E-state index is 5.62. The van der Waals surface area contributed by atoms with E-state index in [0.29, 0.717) is 12.4 Å². The van der Waals surface area contributed by atoms with Crippen LogP contribution in [-0.2, 0) is 12.8 Å². The SMILES string of the molecule is CCOc1ccc(-c2nc3c(c(NN)n2)CCCC3)cc1. The van der Waals surface area contributed by atoms with Crippen LogP contribution >= 0.6 is 0 Å². The number of anilines is 1. The number of fused-ring (bicyclic) bond motifs is 1. The second-order valence-electron chi connectivity index (χ2n) is 5.13. The number of ether oxygens (including phenoxy) is 1. The van der Waals surface area contributed by atoms with Gasteiger partial charge in [-0.25, -0.2) is 15.8 Å². The lowest BCUT2D eigenvalue weighted by Crippen LogP contribution is -2.17. The highest BCUT2D eigenvalue weighted by Gasteiger charge is 2.17. The predicted molar refractivity (Wildman–Crippen MR) is 83.1 cm³/mol. The molecule has 3 rings (SSSR count). The standard InChI is InChI=1S/C16H20N4O/c1-2-21-12-9-7-11(8-10-12)15-18-14-6-4-3-5-13(14)16(19-15)20-17/h7-10H,2-6,17H2,1H3,(H,18,19,20). The molecule has 0 atom stereocenters. The summed E-state index contributed by atoms with van der Waals surface area (Å²) in [7, 11) is 0. The summed E-state index contributed by atoms with van der Waals surface area (Å²) >= 11 is 0. The molecule has 5 heteroatoms. The molecule has 0 saturated carbocycles. The van der Waals surface area contributed by atoms with Crippen molar-refractivity contribution in [1.82, 2.24) is 9.97 Å². The average molecular weight is 284 g/mol. The van der Waals surface area contributed by atoms with Crippen molar-refractivity contribution in [3.05, 3.63) is 35.5 Å². The Balaban J connectivity index is 1.98. The first kappa shape index (κ1) is 13.8. The van der Waals surface area contributed by atoms with E-state index >= 15 is 0 Å². The summed E-state index contributed by atoms with van der Waals surface area (Å²) in [5, 5.41) is 0. The molecule has 0 amide bonds. The lowest BCUT2D eigenvalue weighted by Gasteiger charge is -2.18. The predicted octanol–water partition coefficient (Wildman–Crippen LogP) is 2.71. The number of nitrogens with zero attached hydrogens (tertiary/aromatic N) is 2. The van der Waals surface area contributed by atoms with Gasteiger partial charge in [0.15, 0.2) is 5.82 Å². The molecule has 0 fully saturated rings. The molecule has 1 aromatic heterocycles. The molecule has 0 spiro atoms. The largest absolute Gasteiger partial charge is 0.494 e. The van der Waals surface area contributed by atoms with Crippen LogP contribution in [0.15, 0.2) is 24.3 Å². The molecule has 5 nitrogen and oxygen atoms in total. The van der Waals surface area contributed by atoms with Crippen LogP contribution in [-0.4, -0.2) is 16.6 Å². The van der Waals surface area contributed by atoms with Crippen LogP contribution in [0.2, 0.25) is 0 Å². The van der Waals surface area contributed by atoms with E-state index in [-0.39, 0.29) is 0 Å². The summed E-state index contributed by atoms with van der Waals surface area (Å²) in [6, 6.07) is 7.85. The van der Waals surface area contributed by atoms with Gasteiger partial charge in [-0.2, -0.15) is 0 Å². The fraction of sp³-hybridized carbons (Fsp3) is 0.375. The van der Waals surface area contributed by atoms with Crippen molar-refractivity contribution < 1.29 is 4.74 Å². The number of nitrogens with one attached hydrogen (secondary N) is 1. The normalized spacial score (nSPS) is 13.6. The minimum absolute atomic E-state index is 0.663. The Kier molecular flexibility index (Phi) is 4.01. The smallest absolute Gasteiger partial charge is 0.161 e. The Labute approximate surface area is 124 Å². The molecular weight excluding hydrogens is 264 g/mol. The molecule has 110 valence electrons. The van der Waals surface area contributed by atoms with Gasteiger partial charge in [0.25, 0.3) is 0 Å². The highest BCUT2D eigenvalue weighted by Crippen LogP contribution is 2.28. The Bertz CT molecular complexity index is 608. The van der Waals surface area contributed by atoms with E-state index in [1.807, 2.05) is 31.2 Å². The van der Waals surface area contributed by atoms with Gasteiger partial charge in [0.1, 0.15) is 11.6 Å². The third-order valence-corrected chi connectivity index (χ3v) is 3.74. The van der Waals surface area contributed by atoms with E-state index in [9.17, 15) is 0 Å². The number of nitrogen functional groups attached to an aromatic ring is 1. The minimum atomic E-state index is 0.663. The van der Waals surface area contributed by atoms with E-state index in [2.05, 4.69) is 10.4 Å². The van der Waals surface area contributed by atoms with Crippen LogP contribution in [0, 0.1) is 0 Å². The number of aryl methyl sites for hydroxylation is 1. The quantitative estimate of drug-likeness (QED) is 0.667. The number of nitrogens with two attached hydrogens (primary N) is 1. The highest BCUT2D eigenvalue weighted by atomic mass is 16.5. The van der Waals surface area contributed by atoms with Gasteiger partial charge in [-0.05, 0) is 56.9 Å². The molecule has 0 bridgehead atoms. The average Bonchev–Trinajstić information content (AvgIpc) is 2.55. The van der Waals surface area contributed by atoms with E-state index in [4.69, 9.17) is 15.6 Å². The van der Waals surface area contributed by atoms with Crippen molar-refractivity contribution in [2.45, 2.75) is 32.6 Å². The Hall–Kier alpha value is -2.14. The molecule has 1 aliphatic rings. The Morgan fingerprint density at radius 3 is 2.62 bits per heavy atom. The van der Waals surface area contributed by atoms with Gasteiger partial charge >= 0.3 is 0 Å². The fourth-order valence-corrected chi connectivity index (χ4v) is 2.71. The number of rotatable bonds is 4. The monoisotopic (exact) mass is 284 g/mol. The molecule has 1 aliphatic carbocycles. The zero-order valence-electron chi connectivity index (χ0n) is 12.2. The fourth-order valence-electron chi connectivity index (χ4n) is 2.71. The summed E-state index contributed by atoms with van der Waals surface area (Å²) in [5.74, 6) is 7.95. The van der Waals surface area contributed by atoms with Crippen molar-refractivity contribution in [2.75, 3.05) is 12.0 Å². The summed E-state index contributed by atoms with van der Waals surface area (Å²) < 4.78 is 5.46. The van der Waals surface area contributed by atoms with E-state index in [1.54, 1.807) is 0 Å². The molecule has 1 aromatic carbocycles. The van der Waals surface area contributed by atoms with Gasteiger partial charge in [-0.3, -0.25) is 0 Å². The molecule has 0 aliphatic heterocycles. The van der Waals surface area contributed by atoms with E-state index in [0.717, 1.165) is 35.7 Å². The summed E-state index contributed by atoms with van der Waals surface area (Å²) in [6.45, 7) is 2.63. The molecule has 3 N–H and O–H groups in total. The zero-order valence-corrected chi connectivity index (χ0v) is 12.2. The number of benzene rings is 1. The van der Waals surface area contributed by atoms with Crippen molar-refractivity contribution in [3.63, 3.8) is 0 Å². The lowest BCUT2D eigenvalue weighted by molar-refractivity contribution is 0.340. The van der Waals surface area contributed by atoms with Crippen LogP contribution in [0.5, 0.6) is 5.75 Å². The van der Waals surface area contributed by atoms with Gasteiger partial charge in [-0.1, -0.05) is 0 Å². The summed E-state index contributed by atoms with van der Waals surface area (Å²) in [4.78, 5) is 9.28. The van der Waals surface area contributed by atoms with Crippen molar-refractivity contribution in [3.8, 4) is 17.1 Å². The van der Waals surface area contributed by atoms with Crippen LogP contribution in [0.1, 0.15) is 31.0 Å². The molecule has 0 unspecified atom stereocenters. The lowest BCUT2D eigenvalue weighted by atomic mass is 9.96. The van der Waals surface area contributed by atoms with Crippen molar-refractivity contribution in [2.24, 2.45) is 5.84 Å². The molecule has 0 saturated heterocycles. The number of hydrogen-bond donors (Lipinski definition) is 2. The van der Waals surface area contributed by atoms with Crippen molar-refractivity contribution >= 4 is 5.82 Å². The van der Waals surface area contributed by atoms with E-state index in [1.165, 1.54) is 18.4 Å². The maximum absolute atomic E-state index is 5.62. The summed E-state index contributed by atoms with van der Waals surface area (Å²) in [6.07, 6.45) is 4.35. The van der Waals surface area contributed by atoms with Crippen LogP contribution in [0.4, 0.5) is 5.82 Å². The van der Waals surface area contributed by atoms with Gasteiger partial charge < -0.3 is 10.2 Å². The summed E-state index contributed by atoms with van der Waals surface area (Å²) in [5.41, 5.74) is 5.98. The number of hydrogen-bond acceptors (Lipinski definition) is 5. The van der Waals surface area contributed by atoms with Gasteiger partial charge in [0.2, 0.25) is 0 Å². The second-order valence-corrected chi connectivity index (χ2v) is 5.13. The first-order chi connectivity index (χ1) is 10.3. The zero-order chi connectivity index (χ0) is 14.7. The molecule has 0 radical (unpaired) electrons. The molecule has 1 heterocycles. The van der Waals surface area contributed by atoms with Crippen LogP contribution in [0.3, 0.4) is 0 Å². The van der Waals surface area contributed by atoms with Crippen molar-refractivity contribution in [1.29, 1.82) is 0 Å². The third-order valence-electron chi connectivity index (χ3n) is 3.74.